The summed E-state index contributed by atoms with van der Waals surface area (Å²) in [6.45, 7) is 1.82. The number of phenolic OH excluding ortho intramolecular Hbond substituents is 11. The number of hydrogen-bond acceptors (Lipinski definition) is 11. The first-order valence-corrected chi connectivity index (χ1v) is 22.5. The van der Waals surface area contributed by atoms with Crippen LogP contribution in [0.5, 0.6) is 63.2 Å². The molecule has 0 radical (unpaired) electrons. The predicted molar refractivity (Wildman–Crippen MR) is 250 cm³/mol. The Balaban J connectivity index is 1.06. The van der Waals surface area contributed by atoms with Crippen molar-refractivity contribution in [3.63, 3.8) is 0 Å². The van der Waals surface area contributed by atoms with E-state index >= 15 is 0 Å². The van der Waals surface area contributed by atoms with E-state index in [2.05, 4.69) is 0 Å². The fourth-order valence-electron chi connectivity index (χ4n) is 12.7. The Morgan fingerprint density at radius 2 is 0.544 bits per heavy atom. The molecule has 336 valence electrons. The van der Waals surface area contributed by atoms with Crippen molar-refractivity contribution in [2.45, 2.75) is 56.3 Å². The third kappa shape index (κ3) is 5.12. The molecule has 4 unspecified atom stereocenters. The molecule has 0 aliphatic heterocycles. The van der Waals surface area contributed by atoms with E-state index in [9.17, 15) is 56.2 Å². The van der Waals surface area contributed by atoms with Crippen LogP contribution in [0.1, 0.15) is 141 Å². The molecule has 0 saturated carbocycles. The lowest BCUT2D eigenvalue weighted by Gasteiger charge is -2.43. The second kappa shape index (κ2) is 13.6. The summed E-state index contributed by atoms with van der Waals surface area (Å²) in [6.07, 6.45) is -0.171. The van der Waals surface area contributed by atoms with Crippen LogP contribution in [0.3, 0.4) is 0 Å². The highest BCUT2D eigenvalue weighted by Crippen LogP contribution is 2.66. The molecule has 0 spiro atoms. The molecule has 13 aliphatic rings. The molecule has 0 aromatic heterocycles. The first-order chi connectivity index (χ1) is 32.7. The van der Waals surface area contributed by atoms with Gasteiger partial charge in [-0.25, -0.2) is 0 Å². The average molecular weight is 903 g/mol. The van der Waals surface area contributed by atoms with Gasteiger partial charge in [0.2, 0.25) is 0 Å². The zero-order valence-corrected chi connectivity index (χ0v) is 36.3. The lowest BCUT2D eigenvalue weighted by molar-refractivity contribution is 0.416. The van der Waals surface area contributed by atoms with E-state index in [0.29, 0.717) is 72.3 Å². The molecule has 0 saturated heterocycles. The second-order valence-corrected chi connectivity index (χ2v) is 19.1. The van der Waals surface area contributed by atoms with Crippen LogP contribution in [0.15, 0.2) is 97.1 Å². The van der Waals surface area contributed by atoms with Crippen molar-refractivity contribution < 1.29 is 56.2 Å². The Morgan fingerprint density at radius 1 is 0.279 bits per heavy atom. The van der Waals surface area contributed by atoms with Crippen LogP contribution in [0.4, 0.5) is 0 Å². The quantitative estimate of drug-likeness (QED) is 0.0644. The largest absolute Gasteiger partial charge is 0.508 e. The van der Waals surface area contributed by atoms with Crippen LogP contribution in [-0.2, 0) is 25.7 Å². The van der Waals surface area contributed by atoms with Crippen molar-refractivity contribution in [3.8, 4) is 63.2 Å². The van der Waals surface area contributed by atoms with E-state index in [1.54, 1.807) is 18.2 Å². The Kier molecular flexibility index (Phi) is 7.96. The van der Waals surface area contributed by atoms with Crippen LogP contribution in [0, 0.1) is 6.92 Å². The lowest BCUT2D eigenvalue weighted by atomic mass is 9.59. The van der Waals surface area contributed by atoms with Crippen molar-refractivity contribution in [3.05, 3.63) is 214 Å². The summed E-state index contributed by atoms with van der Waals surface area (Å²) in [5, 5.41) is 132. The van der Waals surface area contributed by atoms with E-state index in [-0.39, 0.29) is 111 Å². The van der Waals surface area contributed by atoms with Gasteiger partial charge >= 0.3 is 0 Å². The van der Waals surface area contributed by atoms with Gasteiger partial charge in [-0.05, 0) is 93.4 Å². The molecule has 0 heterocycles. The SMILES string of the molecule is Cc1cc(O)c2cc1Cc1cc(O)c3c(c1O)C1c4ccccc4C3c3c(O)c(cc(O)c31)Cc1cc(c(O)cc1O)Cc1cc(O)c3c(c1O)C1c4ccccc4C3c3c(O)c(cc(O)c31)C2. The zero-order chi connectivity index (χ0) is 46.9. The summed E-state index contributed by atoms with van der Waals surface area (Å²) in [5.74, 6) is -5.14. The van der Waals surface area contributed by atoms with E-state index in [1.807, 2.05) is 55.5 Å². The average Bonchev–Trinajstić information content (AvgIpc) is 3.32. The molecule has 0 amide bonds. The summed E-state index contributed by atoms with van der Waals surface area (Å²) in [5.41, 5.74) is 9.51. The van der Waals surface area contributed by atoms with Gasteiger partial charge in [-0.1, -0.05) is 54.6 Å². The van der Waals surface area contributed by atoms with Crippen molar-refractivity contribution in [2.75, 3.05) is 0 Å². The van der Waals surface area contributed by atoms with Crippen LogP contribution in [0.25, 0.3) is 0 Å². The topological polar surface area (TPSA) is 223 Å². The number of benzene rings is 8. The van der Waals surface area contributed by atoms with E-state index in [4.69, 9.17) is 0 Å². The summed E-state index contributed by atoms with van der Waals surface area (Å²) in [6, 6.07) is 26.9. The Bertz CT molecular complexity index is 3180. The van der Waals surface area contributed by atoms with Gasteiger partial charge in [0.15, 0.2) is 0 Å². The fourth-order valence-corrected chi connectivity index (χ4v) is 12.7. The minimum absolute atomic E-state index is 0.0323. The van der Waals surface area contributed by atoms with Gasteiger partial charge in [0.1, 0.15) is 63.2 Å². The van der Waals surface area contributed by atoms with Gasteiger partial charge in [0.05, 0.1) is 0 Å². The van der Waals surface area contributed by atoms with Crippen molar-refractivity contribution in [2.24, 2.45) is 0 Å². The minimum Gasteiger partial charge on any atom is -0.508 e. The third-order valence-corrected chi connectivity index (χ3v) is 15.6. The van der Waals surface area contributed by atoms with Crippen molar-refractivity contribution >= 4 is 0 Å². The molecule has 21 rings (SSSR count). The highest BCUT2D eigenvalue weighted by Gasteiger charge is 2.50. The first-order valence-electron chi connectivity index (χ1n) is 22.5. The number of aromatic hydroxyl groups is 11. The molecule has 13 aliphatic carbocycles. The van der Waals surface area contributed by atoms with Crippen LogP contribution >= 0.6 is 0 Å². The maximum absolute atomic E-state index is 12.4. The summed E-state index contributed by atoms with van der Waals surface area (Å²) < 4.78 is 0. The molecule has 20 bridgehead atoms. The van der Waals surface area contributed by atoms with Gasteiger partial charge in [-0.2, -0.15) is 0 Å². The highest BCUT2D eigenvalue weighted by atomic mass is 16.3. The summed E-state index contributed by atoms with van der Waals surface area (Å²) in [7, 11) is 0. The normalized spacial score (nSPS) is 18.5. The van der Waals surface area contributed by atoms with Crippen molar-refractivity contribution in [1.82, 2.24) is 0 Å². The molecular formula is C57H42O11. The van der Waals surface area contributed by atoms with Crippen LogP contribution < -0.4 is 0 Å². The molecule has 68 heavy (non-hydrogen) atoms. The fraction of sp³-hybridized carbons (Fsp3) is 0.158. The van der Waals surface area contributed by atoms with Gasteiger partial charge in [-0.3, -0.25) is 0 Å². The maximum atomic E-state index is 12.4. The van der Waals surface area contributed by atoms with Crippen LogP contribution in [-0.4, -0.2) is 56.2 Å². The molecule has 0 fully saturated rings. The monoisotopic (exact) mass is 902 g/mol. The molecule has 4 atom stereocenters. The van der Waals surface area contributed by atoms with E-state index < -0.39 is 23.7 Å². The second-order valence-electron chi connectivity index (χ2n) is 19.1. The van der Waals surface area contributed by atoms with Crippen LogP contribution in [0.2, 0.25) is 0 Å². The van der Waals surface area contributed by atoms with Crippen molar-refractivity contribution in [1.29, 1.82) is 0 Å². The molecule has 8 aromatic carbocycles. The third-order valence-electron chi connectivity index (χ3n) is 15.6. The number of rotatable bonds is 0. The highest BCUT2D eigenvalue weighted by molar-refractivity contribution is 5.81. The summed E-state index contributed by atoms with van der Waals surface area (Å²) in [4.78, 5) is 0. The Labute approximate surface area is 388 Å². The number of aryl methyl sites for hydroxylation is 1. The van der Waals surface area contributed by atoms with Gasteiger partial charge < -0.3 is 56.2 Å². The van der Waals surface area contributed by atoms with E-state index in [1.165, 1.54) is 30.3 Å². The molecule has 11 heteroatoms. The van der Waals surface area contributed by atoms with E-state index in [0.717, 1.165) is 22.3 Å². The number of phenols is 11. The predicted octanol–water partition coefficient (Wildman–Crippen LogP) is 9.41. The Hall–Kier alpha value is -8.44. The zero-order valence-electron chi connectivity index (χ0n) is 36.3. The molecule has 8 aromatic rings. The number of hydrogen-bond donors (Lipinski definition) is 11. The standard InChI is InChI=1S/C57H42O11/c1-22-10-35(58)24-11-23(22)12-27-17-38(61)46-43-32-7-3-2-6-31(32)42(50(46)54(27)65)47-40(63)19-29(56(67)52(43)47)15-25-13-26(37(60)21-36(25)59)16-30-20-41(64)49-44-33-8-4-5-9-34(33)45(53(49)57(30)68)48-39(62)18-28(14-24)55(66)51(44)48/h2-11,13,17-21,42-45,58-68H,12,14-16H2,1H3. The lowest BCUT2D eigenvalue weighted by Crippen LogP contribution is -2.28. The molecule has 11 nitrogen and oxygen atoms in total. The minimum atomic E-state index is -0.831. The molecular weight excluding hydrogens is 861 g/mol. The molecule has 11 N–H and O–H groups in total. The summed E-state index contributed by atoms with van der Waals surface area (Å²) >= 11 is 0. The smallest absolute Gasteiger partial charge is 0.123 e. The van der Waals surface area contributed by atoms with Gasteiger partial charge in [0.25, 0.3) is 0 Å². The maximum Gasteiger partial charge on any atom is 0.123 e. The first kappa shape index (κ1) is 39.9. The van der Waals surface area contributed by atoms with Gasteiger partial charge in [0, 0.05) is 122 Å². The van der Waals surface area contributed by atoms with Gasteiger partial charge in [-0.15, -0.1) is 0 Å². The Morgan fingerprint density at radius 3 is 0.853 bits per heavy atom.